The Morgan fingerprint density at radius 2 is 0.925 bits per heavy atom. The molecule has 276 valence electrons. The summed E-state index contributed by atoms with van der Waals surface area (Å²) in [5, 5.41) is 17.7. The number of carbonyl (C=O) groups is 4. The van der Waals surface area contributed by atoms with Gasteiger partial charge in [0.05, 0.1) is 0 Å². The zero-order valence-corrected chi connectivity index (χ0v) is 30.8. The van der Waals surface area contributed by atoms with Gasteiger partial charge in [0.15, 0.2) is 0 Å². The Bertz CT molecular complexity index is 1710. The van der Waals surface area contributed by atoms with Gasteiger partial charge in [-0.3, -0.25) is 0 Å². The van der Waals surface area contributed by atoms with E-state index in [2.05, 4.69) is 13.8 Å². The molecule has 4 rings (SSSR count). The summed E-state index contributed by atoms with van der Waals surface area (Å²) in [7, 11) is 0. The van der Waals surface area contributed by atoms with Gasteiger partial charge < -0.3 is 29.2 Å². The molecule has 0 heterocycles. The highest BCUT2D eigenvalue weighted by Gasteiger charge is 2.24. The van der Waals surface area contributed by atoms with Crippen molar-refractivity contribution in [1.82, 2.24) is 0 Å². The molecule has 0 aliphatic carbocycles. The first-order valence-corrected chi connectivity index (χ1v) is 18.5. The molecule has 53 heavy (non-hydrogen) atoms. The van der Waals surface area contributed by atoms with Crippen molar-refractivity contribution in [3.8, 4) is 11.5 Å². The molecule has 0 aliphatic rings. The molecule has 0 amide bonds. The molecule has 4 aromatic rings. The Kier molecular flexibility index (Phi) is 15.6. The maximum absolute atomic E-state index is 12.2. The number of hydrogen-bond acceptors (Lipinski definition) is 10. The molecule has 2 N–H and O–H groups in total. The Labute approximate surface area is 316 Å². The van der Waals surface area contributed by atoms with Crippen LogP contribution in [0.5, 0.6) is 11.5 Å². The molecule has 0 fully saturated rings. The number of carbonyl (C=O) groups excluding carboxylic acids is 2. The standard InChI is InChI=1S/C41H40O10S2/c1-41(2,29-13-17-31(18-14-29)48-25-33(50-39(46)23-21-37(42)43)27-52-35-9-5-3-6-10-35)30-15-19-32(20-16-30)49-26-34(51-40(47)24-22-38(44)45)28-53-36-11-7-4-8-12-36/h3-24,33-34H,25-28H2,1-2H3,(H,42,43)(H,44,45). The fraction of sp³-hybridized carbons (Fsp3) is 0.220. The van der Waals surface area contributed by atoms with E-state index in [4.69, 9.17) is 29.2 Å². The fourth-order valence-corrected chi connectivity index (χ4v) is 6.59. The summed E-state index contributed by atoms with van der Waals surface area (Å²) in [4.78, 5) is 48.1. The van der Waals surface area contributed by atoms with Crippen molar-refractivity contribution < 1.29 is 48.3 Å². The SMILES string of the molecule is CC(C)(c1ccc(OCC(CSc2ccccc2)OC(=O)C=CC(=O)O)cc1)c1ccc(OCC(CSc2ccccc2)OC(=O)C=CC(=O)O)cc1. The van der Waals surface area contributed by atoms with Gasteiger partial charge in [-0.2, -0.15) is 0 Å². The Morgan fingerprint density at radius 1 is 0.566 bits per heavy atom. The highest BCUT2D eigenvalue weighted by atomic mass is 32.2. The van der Waals surface area contributed by atoms with Crippen molar-refractivity contribution in [3.05, 3.63) is 145 Å². The Morgan fingerprint density at radius 3 is 1.26 bits per heavy atom. The summed E-state index contributed by atoms with van der Waals surface area (Å²) in [6, 6.07) is 34.6. The highest BCUT2D eigenvalue weighted by molar-refractivity contribution is 7.99. The van der Waals surface area contributed by atoms with Crippen LogP contribution < -0.4 is 9.47 Å². The van der Waals surface area contributed by atoms with Gasteiger partial charge in [-0.05, 0) is 59.7 Å². The molecule has 12 heteroatoms. The third-order valence-electron chi connectivity index (χ3n) is 7.67. The van der Waals surface area contributed by atoms with Crippen molar-refractivity contribution in [2.24, 2.45) is 0 Å². The van der Waals surface area contributed by atoms with Crippen LogP contribution in [0.4, 0.5) is 0 Å². The molecule has 4 aromatic carbocycles. The maximum atomic E-state index is 12.2. The number of thioether (sulfide) groups is 2. The van der Waals surface area contributed by atoms with Crippen molar-refractivity contribution in [2.75, 3.05) is 24.7 Å². The first kappa shape index (κ1) is 40.3. The molecule has 0 saturated heterocycles. The van der Waals surface area contributed by atoms with Crippen LogP contribution in [-0.4, -0.2) is 71.0 Å². The van der Waals surface area contributed by atoms with Crippen LogP contribution >= 0.6 is 23.5 Å². The zero-order chi connectivity index (χ0) is 38.1. The molecule has 2 atom stereocenters. The minimum atomic E-state index is -1.24. The lowest BCUT2D eigenvalue weighted by Crippen LogP contribution is -2.27. The number of aliphatic carboxylic acids is 2. The van der Waals surface area contributed by atoms with Gasteiger partial charge in [-0.15, -0.1) is 23.5 Å². The Balaban J connectivity index is 1.35. The minimum absolute atomic E-state index is 0.0702. The van der Waals surface area contributed by atoms with Gasteiger partial charge in [0.2, 0.25) is 0 Å². The van der Waals surface area contributed by atoms with Gasteiger partial charge in [0.25, 0.3) is 0 Å². The first-order valence-electron chi connectivity index (χ1n) is 16.5. The quantitative estimate of drug-likeness (QED) is 0.0525. The number of esters is 2. The van der Waals surface area contributed by atoms with E-state index in [1.165, 1.54) is 23.5 Å². The average molecular weight is 757 g/mol. The third kappa shape index (κ3) is 14.2. The van der Waals surface area contributed by atoms with Crippen LogP contribution in [0.15, 0.2) is 143 Å². The smallest absolute Gasteiger partial charge is 0.331 e. The van der Waals surface area contributed by atoms with E-state index in [1.807, 2.05) is 109 Å². The van der Waals surface area contributed by atoms with Crippen LogP contribution in [0, 0.1) is 0 Å². The second kappa shape index (κ2) is 20.5. The molecule has 10 nitrogen and oxygen atoms in total. The Hall–Kier alpha value is -5.46. The topological polar surface area (TPSA) is 146 Å². The summed E-state index contributed by atoms with van der Waals surface area (Å²) in [5.41, 5.74) is 1.66. The molecular weight excluding hydrogens is 717 g/mol. The largest absolute Gasteiger partial charge is 0.490 e. The van der Waals surface area contributed by atoms with Crippen LogP contribution in [-0.2, 0) is 34.1 Å². The lowest BCUT2D eigenvalue weighted by molar-refractivity contribution is -0.144. The first-order chi connectivity index (χ1) is 25.5. The van der Waals surface area contributed by atoms with E-state index >= 15 is 0 Å². The van der Waals surface area contributed by atoms with Crippen LogP contribution in [0.2, 0.25) is 0 Å². The van der Waals surface area contributed by atoms with E-state index in [0.29, 0.717) is 23.0 Å². The molecule has 0 aromatic heterocycles. The fourth-order valence-electron chi connectivity index (χ4n) is 4.81. The summed E-state index contributed by atoms with van der Waals surface area (Å²) in [6.07, 6.45) is 1.95. The number of ether oxygens (including phenoxy) is 4. The lowest BCUT2D eigenvalue weighted by Gasteiger charge is -2.27. The van der Waals surface area contributed by atoms with Crippen molar-refractivity contribution in [3.63, 3.8) is 0 Å². The number of carboxylic acid groups (broad SMARTS) is 2. The molecule has 0 spiro atoms. The molecule has 0 bridgehead atoms. The van der Waals surface area contributed by atoms with Crippen LogP contribution in [0.1, 0.15) is 25.0 Å². The van der Waals surface area contributed by atoms with Crippen LogP contribution in [0.3, 0.4) is 0 Å². The summed E-state index contributed by atoms with van der Waals surface area (Å²) < 4.78 is 23.0. The highest BCUT2D eigenvalue weighted by Crippen LogP contribution is 2.33. The van der Waals surface area contributed by atoms with E-state index in [0.717, 1.165) is 45.2 Å². The summed E-state index contributed by atoms with van der Waals surface area (Å²) >= 11 is 2.99. The van der Waals surface area contributed by atoms with Crippen molar-refractivity contribution >= 4 is 47.4 Å². The maximum Gasteiger partial charge on any atom is 0.331 e. The lowest BCUT2D eigenvalue weighted by atomic mass is 9.78. The normalized spacial score (nSPS) is 12.6. The monoisotopic (exact) mass is 756 g/mol. The van der Waals surface area contributed by atoms with Crippen LogP contribution in [0.25, 0.3) is 0 Å². The number of carboxylic acids is 2. The molecule has 2 unspecified atom stereocenters. The van der Waals surface area contributed by atoms with E-state index < -0.39 is 41.5 Å². The second-order valence-corrected chi connectivity index (χ2v) is 14.2. The zero-order valence-electron chi connectivity index (χ0n) is 29.2. The van der Waals surface area contributed by atoms with E-state index in [9.17, 15) is 19.2 Å². The predicted molar refractivity (Wildman–Crippen MR) is 204 cm³/mol. The number of benzene rings is 4. The average Bonchev–Trinajstić information content (AvgIpc) is 3.16. The molecular formula is C41H40O10S2. The van der Waals surface area contributed by atoms with Crippen molar-refractivity contribution in [2.45, 2.75) is 41.3 Å². The van der Waals surface area contributed by atoms with Crippen molar-refractivity contribution in [1.29, 1.82) is 0 Å². The number of hydrogen-bond donors (Lipinski definition) is 2. The van der Waals surface area contributed by atoms with E-state index in [1.54, 1.807) is 0 Å². The molecule has 0 aliphatic heterocycles. The predicted octanol–water partition coefficient (Wildman–Crippen LogP) is 7.46. The summed E-state index contributed by atoms with van der Waals surface area (Å²) in [6.45, 7) is 4.34. The number of rotatable bonds is 20. The summed E-state index contributed by atoms with van der Waals surface area (Å²) in [5.74, 6) is -2.04. The van der Waals surface area contributed by atoms with Gasteiger partial charge >= 0.3 is 23.9 Å². The minimum Gasteiger partial charge on any atom is -0.490 e. The molecule has 0 radical (unpaired) electrons. The van der Waals surface area contributed by atoms with Gasteiger partial charge in [-0.1, -0.05) is 74.5 Å². The second-order valence-electron chi connectivity index (χ2n) is 12.0. The molecule has 0 saturated carbocycles. The third-order valence-corrected chi connectivity index (χ3v) is 9.96. The van der Waals surface area contributed by atoms with E-state index in [-0.39, 0.29) is 13.2 Å². The van der Waals surface area contributed by atoms with Gasteiger partial charge in [0.1, 0.15) is 36.9 Å². The van der Waals surface area contributed by atoms with Gasteiger partial charge in [-0.25, -0.2) is 19.2 Å². The van der Waals surface area contributed by atoms with Gasteiger partial charge in [0, 0.05) is 51.0 Å².